The molecule has 0 bridgehead atoms. The Kier molecular flexibility index (Phi) is 11.4. The van der Waals surface area contributed by atoms with E-state index in [9.17, 15) is 23.7 Å². The van der Waals surface area contributed by atoms with Gasteiger partial charge in [-0.15, -0.1) is 0 Å². The predicted molar refractivity (Wildman–Crippen MR) is 199 cm³/mol. The van der Waals surface area contributed by atoms with Gasteiger partial charge in [0.25, 0.3) is 19.3 Å². The fourth-order valence-electron chi connectivity index (χ4n) is 6.22. The maximum Gasteiger partial charge on any atom is 0.290 e. The van der Waals surface area contributed by atoms with Crippen molar-refractivity contribution in [1.29, 1.82) is 0 Å². The van der Waals surface area contributed by atoms with Crippen molar-refractivity contribution in [3.8, 4) is 0 Å². The summed E-state index contributed by atoms with van der Waals surface area (Å²) in [5, 5.41) is 9.80. The summed E-state index contributed by atoms with van der Waals surface area (Å²) in [5.41, 5.74) is 3.77. The molecule has 1 aromatic heterocycles. The van der Waals surface area contributed by atoms with Crippen molar-refractivity contribution >= 4 is 42.1 Å². The van der Waals surface area contributed by atoms with Crippen molar-refractivity contribution in [3.05, 3.63) is 143 Å². The van der Waals surface area contributed by atoms with Crippen molar-refractivity contribution in [3.63, 3.8) is 0 Å². The first kappa shape index (κ1) is 36.4. The van der Waals surface area contributed by atoms with Gasteiger partial charge in [-0.25, -0.2) is 5.09 Å². The largest absolute Gasteiger partial charge is 0.361 e. The standard InChI is InChI=1S/C40H42N5O6P/c1-3-27(2)36(44-52(50,51-25-29-16-8-5-9-17-29)26-45-39(48)32-19-10-11-20-33(32)40(45)49)38(47)43-35(37(46)42-23-28-14-6-4-7-15-28)22-30-24-41-34-21-13-12-18-31(30)34/h4-21,24,27,35-36,41H,3,22-23,25-26H2,1-2H3,(H,42,46)(H,43,47)(H,44,50)/t27?,35-,36-,52?/m0/s1. The second-order valence-electron chi connectivity index (χ2n) is 13.0. The summed E-state index contributed by atoms with van der Waals surface area (Å²) in [6, 6.07) is 30.5. The van der Waals surface area contributed by atoms with Crippen LogP contribution in [0.15, 0.2) is 115 Å². The first-order valence-corrected chi connectivity index (χ1v) is 19.1. The number of fused-ring (bicyclic) bond motifs is 2. The van der Waals surface area contributed by atoms with Crippen LogP contribution in [0.2, 0.25) is 0 Å². The molecule has 0 radical (unpaired) electrons. The van der Waals surface area contributed by atoms with E-state index in [4.69, 9.17) is 4.52 Å². The number of nitrogens with zero attached hydrogens (tertiary/aromatic N) is 1. The number of benzene rings is 4. The van der Waals surface area contributed by atoms with Gasteiger partial charge in [-0.05, 0) is 40.8 Å². The second-order valence-corrected chi connectivity index (χ2v) is 15.1. The van der Waals surface area contributed by atoms with Crippen LogP contribution in [0.1, 0.15) is 57.7 Å². The third-order valence-corrected chi connectivity index (χ3v) is 11.2. The number of amides is 4. The van der Waals surface area contributed by atoms with Gasteiger partial charge in [0.1, 0.15) is 12.3 Å². The molecule has 4 aromatic carbocycles. The molecule has 0 saturated carbocycles. The maximum atomic E-state index is 14.9. The van der Waals surface area contributed by atoms with Crippen LogP contribution in [-0.2, 0) is 38.3 Å². The molecule has 4 amide bonds. The Morgan fingerprint density at radius 2 is 1.40 bits per heavy atom. The highest BCUT2D eigenvalue weighted by Gasteiger charge is 2.43. The van der Waals surface area contributed by atoms with Gasteiger partial charge < -0.3 is 20.1 Å². The summed E-state index contributed by atoms with van der Waals surface area (Å²) in [6.07, 6.45) is 1.92. The Hall–Kier alpha value is -5.35. The summed E-state index contributed by atoms with van der Waals surface area (Å²) >= 11 is 0. The van der Waals surface area contributed by atoms with Crippen LogP contribution in [0, 0.1) is 5.92 Å². The van der Waals surface area contributed by atoms with E-state index >= 15 is 0 Å². The van der Waals surface area contributed by atoms with Gasteiger partial charge in [0.05, 0.1) is 23.8 Å². The van der Waals surface area contributed by atoms with E-state index in [0.29, 0.717) is 12.0 Å². The number of H-pyrrole nitrogens is 1. The Morgan fingerprint density at radius 3 is 2.06 bits per heavy atom. The molecule has 2 heterocycles. The quantitative estimate of drug-likeness (QED) is 0.0703. The Labute approximate surface area is 302 Å². The number of rotatable bonds is 16. The molecule has 2 unspecified atom stereocenters. The van der Waals surface area contributed by atoms with Crippen LogP contribution in [0.3, 0.4) is 0 Å². The number of para-hydroxylation sites is 1. The van der Waals surface area contributed by atoms with Gasteiger partial charge in [0.15, 0.2) is 0 Å². The SMILES string of the molecule is CCC(C)[C@H](NP(=O)(CN1C(=O)c2ccccc2C1=O)OCc1ccccc1)C(=O)N[C@@H](Cc1c[nH]c2ccccc12)C(=O)NCc1ccccc1. The summed E-state index contributed by atoms with van der Waals surface area (Å²) < 4.78 is 20.9. The summed E-state index contributed by atoms with van der Waals surface area (Å²) in [4.78, 5) is 59.0. The molecular formula is C40H42N5O6P. The van der Waals surface area contributed by atoms with Crippen LogP contribution < -0.4 is 15.7 Å². The van der Waals surface area contributed by atoms with Gasteiger partial charge in [0, 0.05) is 30.1 Å². The Balaban J connectivity index is 1.27. The molecule has 1 aliphatic heterocycles. The number of imide groups is 1. The lowest BCUT2D eigenvalue weighted by molar-refractivity contribution is -0.130. The van der Waals surface area contributed by atoms with Crippen molar-refractivity contribution in [2.45, 2.75) is 51.9 Å². The predicted octanol–water partition coefficient (Wildman–Crippen LogP) is 6.18. The number of nitrogens with one attached hydrogen (secondary N) is 4. The zero-order valence-electron chi connectivity index (χ0n) is 29.1. The number of hydrogen-bond acceptors (Lipinski definition) is 6. The van der Waals surface area contributed by atoms with Gasteiger partial charge in [-0.2, -0.15) is 0 Å². The van der Waals surface area contributed by atoms with Gasteiger partial charge in [-0.1, -0.05) is 111 Å². The van der Waals surface area contributed by atoms with Gasteiger partial charge in [0.2, 0.25) is 11.8 Å². The number of carbonyl (C=O) groups excluding carboxylic acids is 4. The minimum absolute atomic E-state index is 0.103. The fraction of sp³-hybridized carbons (Fsp3) is 0.250. The third-order valence-electron chi connectivity index (χ3n) is 9.36. The smallest absolute Gasteiger partial charge is 0.290 e. The topological polar surface area (TPSA) is 150 Å². The van der Waals surface area contributed by atoms with Crippen LogP contribution in [-0.4, -0.2) is 51.9 Å². The van der Waals surface area contributed by atoms with E-state index in [0.717, 1.165) is 26.9 Å². The number of hydrogen-bond donors (Lipinski definition) is 4. The molecule has 0 fully saturated rings. The molecule has 268 valence electrons. The first-order chi connectivity index (χ1) is 25.2. The average molecular weight is 720 g/mol. The van der Waals surface area contributed by atoms with E-state index in [1.807, 2.05) is 92.8 Å². The maximum absolute atomic E-state index is 14.9. The minimum Gasteiger partial charge on any atom is -0.361 e. The normalized spacial score (nSPS) is 15.5. The molecule has 11 nitrogen and oxygen atoms in total. The van der Waals surface area contributed by atoms with E-state index < -0.39 is 49.5 Å². The lowest BCUT2D eigenvalue weighted by Crippen LogP contribution is -2.55. The summed E-state index contributed by atoms with van der Waals surface area (Å²) in [5.74, 6) is -2.54. The molecule has 5 aromatic rings. The van der Waals surface area contributed by atoms with E-state index in [2.05, 4.69) is 20.7 Å². The zero-order chi connectivity index (χ0) is 36.7. The number of aromatic amines is 1. The van der Waals surface area contributed by atoms with Gasteiger partial charge in [-0.3, -0.25) is 28.6 Å². The molecule has 0 saturated heterocycles. The fourth-order valence-corrected chi connectivity index (χ4v) is 8.24. The monoisotopic (exact) mass is 719 g/mol. The number of carbonyl (C=O) groups is 4. The summed E-state index contributed by atoms with van der Waals surface area (Å²) in [6.45, 7) is 3.87. The molecule has 1 aliphatic rings. The summed E-state index contributed by atoms with van der Waals surface area (Å²) in [7, 11) is -4.16. The molecule has 0 aliphatic carbocycles. The van der Waals surface area contributed by atoms with Crippen LogP contribution in [0.4, 0.5) is 0 Å². The van der Waals surface area contributed by atoms with Crippen molar-refractivity contribution in [2.75, 3.05) is 6.29 Å². The highest BCUT2D eigenvalue weighted by Crippen LogP contribution is 2.47. The third kappa shape index (κ3) is 8.40. The minimum atomic E-state index is -4.16. The molecule has 52 heavy (non-hydrogen) atoms. The second kappa shape index (κ2) is 16.3. The average Bonchev–Trinajstić information content (AvgIpc) is 3.69. The Morgan fingerprint density at radius 1 is 0.808 bits per heavy atom. The molecule has 4 atom stereocenters. The van der Waals surface area contributed by atoms with E-state index in [1.165, 1.54) is 0 Å². The van der Waals surface area contributed by atoms with Crippen LogP contribution in [0.25, 0.3) is 10.9 Å². The molecular weight excluding hydrogens is 677 g/mol. The Bertz CT molecular complexity index is 2070. The molecule has 0 spiro atoms. The lowest BCUT2D eigenvalue weighted by atomic mass is 9.98. The van der Waals surface area contributed by atoms with Crippen LogP contribution in [0.5, 0.6) is 0 Å². The molecule has 4 N–H and O–H groups in total. The first-order valence-electron chi connectivity index (χ1n) is 17.3. The van der Waals surface area contributed by atoms with Crippen molar-refractivity contribution in [2.24, 2.45) is 5.92 Å². The lowest BCUT2D eigenvalue weighted by Gasteiger charge is -2.31. The molecule has 12 heteroatoms. The highest BCUT2D eigenvalue weighted by atomic mass is 31.2. The number of aromatic nitrogens is 1. The van der Waals surface area contributed by atoms with E-state index in [1.54, 1.807) is 36.4 Å². The van der Waals surface area contributed by atoms with Crippen LogP contribution >= 0.6 is 7.52 Å². The van der Waals surface area contributed by atoms with E-state index in [-0.39, 0.29) is 36.6 Å². The zero-order valence-corrected chi connectivity index (χ0v) is 30.0. The highest BCUT2D eigenvalue weighted by molar-refractivity contribution is 7.56. The molecule has 6 rings (SSSR count). The van der Waals surface area contributed by atoms with Crippen molar-refractivity contribution in [1.82, 2.24) is 25.6 Å². The van der Waals surface area contributed by atoms with Gasteiger partial charge >= 0.3 is 0 Å². The van der Waals surface area contributed by atoms with Crippen molar-refractivity contribution < 1.29 is 28.3 Å².